The maximum absolute atomic E-state index is 11.5. The highest BCUT2D eigenvalue weighted by molar-refractivity contribution is 5.91. The molecule has 1 aromatic carbocycles. The number of carbonyl (C=O) groups is 1. The van der Waals surface area contributed by atoms with Gasteiger partial charge in [0, 0.05) is 6.54 Å². The summed E-state index contributed by atoms with van der Waals surface area (Å²) in [6.45, 7) is 2.23. The highest BCUT2D eigenvalue weighted by Crippen LogP contribution is 2.02. The van der Waals surface area contributed by atoms with Crippen molar-refractivity contribution in [3.05, 3.63) is 35.9 Å². The Morgan fingerprint density at radius 1 is 1.44 bits per heavy atom. The first-order valence-electron chi connectivity index (χ1n) is 4.97. The lowest BCUT2D eigenvalue weighted by Crippen LogP contribution is -2.41. The van der Waals surface area contributed by atoms with E-state index in [0.29, 0.717) is 6.54 Å². The Morgan fingerprint density at radius 2 is 2.06 bits per heavy atom. The van der Waals surface area contributed by atoms with Crippen molar-refractivity contribution >= 4 is 12.1 Å². The molecule has 0 aliphatic heterocycles. The first kappa shape index (κ1) is 12.0. The van der Waals surface area contributed by atoms with Gasteiger partial charge >= 0.3 is 6.09 Å². The van der Waals surface area contributed by atoms with Crippen molar-refractivity contribution in [1.82, 2.24) is 4.90 Å². The van der Waals surface area contributed by atoms with E-state index in [0.717, 1.165) is 10.5 Å². The third-order valence-corrected chi connectivity index (χ3v) is 2.03. The molecule has 0 aliphatic rings. The van der Waals surface area contributed by atoms with E-state index in [2.05, 4.69) is 0 Å². The van der Waals surface area contributed by atoms with Crippen molar-refractivity contribution in [1.29, 1.82) is 5.41 Å². The molecule has 5 heteroatoms. The Labute approximate surface area is 94.3 Å². The fourth-order valence-corrected chi connectivity index (χ4v) is 1.20. The molecular weight excluding hydrogens is 206 g/mol. The van der Waals surface area contributed by atoms with E-state index in [4.69, 9.17) is 15.9 Å². The molecule has 0 unspecified atom stereocenters. The van der Waals surface area contributed by atoms with E-state index in [1.165, 1.54) is 0 Å². The molecule has 0 atom stereocenters. The molecule has 0 aliphatic carbocycles. The molecule has 1 amide bonds. The van der Waals surface area contributed by atoms with E-state index in [-0.39, 0.29) is 12.6 Å². The zero-order chi connectivity index (χ0) is 12.0. The van der Waals surface area contributed by atoms with Crippen LogP contribution in [0.4, 0.5) is 4.79 Å². The second-order valence-electron chi connectivity index (χ2n) is 3.17. The summed E-state index contributed by atoms with van der Waals surface area (Å²) in [6, 6.07) is 9.34. The summed E-state index contributed by atoms with van der Waals surface area (Å²) in [4.78, 5) is 12.5. The van der Waals surface area contributed by atoms with E-state index in [1.807, 2.05) is 30.3 Å². The highest BCUT2D eigenvalue weighted by Gasteiger charge is 2.15. The Bertz CT molecular complexity index is 365. The summed E-state index contributed by atoms with van der Waals surface area (Å²) >= 11 is 0. The van der Waals surface area contributed by atoms with Crippen LogP contribution in [0.15, 0.2) is 30.3 Å². The average molecular weight is 221 g/mol. The third kappa shape index (κ3) is 3.27. The van der Waals surface area contributed by atoms with Crippen molar-refractivity contribution in [3.8, 4) is 0 Å². The number of rotatable bonds is 3. The van der Waals surface area contributed by atoms with Crippen LogP contribution in [0.1, 0.15) is 12.5 Å². The number of benzene rings is 1. The van der Waals surface area contributed by atoms with E-state index >= 15 is 0 Å². The molecule has 0 saturated carbocycles. The topological polar surface area (TPSA) is 79.4 Å². The van der Waals surface area contributed by atoms with Crippen LogP contribution < -0.4 is 5.73 Å². The van der Waals surface area contributed by atoms with Gasteiger partial charge in [-0.25, -0.2) is 9.69 Å². The van der Waals surface area contributed by atoms with E-state index in [1.54, 1.807) is 6.92 Å². The Hall–Kier alpha value is -2.04. The molecular formula is C11H15N3O2. The van der Waals surface area contributed by atoms with Crippen LogP contribution in [-0.2, 0) is 11.3 Å². The van der Waals surface area contributed by atoms with Gasteiger partial charge in [-0.15, -0.1) is 0 Å². The first-order chi connectivity index (χ1) is 7.65. The highest BCUT2D eigenvalue weighted by atomic mass is 16.6. The summed E-state index contributed by atoms with van der Waals surface area (Å²) in [5, 5.41) is 7.17. The molecule has 0 radical (unpaired) electrons. The van der Waals surface area contributed by atoms with Gasteiger partial charge in [-0.2, -0.15) is 0 Å². The van der Waals surface area contributed by atoms with E-state index < -0.39 is 6.09 Å². The summed E-state index contributed by atoms with van der Waals surface area (Å²) in [5.74, 6) is -0.305. The molecule has 86 valence electrons. The number of nitrogens with one attached hydrogen (secondary N) is 1. The molecule has 0 bridgehead atoms. The molecule has 0 heterocycles. The monoisotopic (exact) mass is 221 g/mol. The van der Waals surface area contributed by atoms with Crippen molar-refractivity contribution < 1.29 is 9.53 Å². The maximum Gasteiger partial charge on any atom is 0.416 e. The van der Waals surface area contributed by atoms with Crippen molar-refractivity contribution in [3.63, 3.8) is 0 Å². The second kappa shape index (κ2) is 5.75. The summed E-state index contributed by atoms with van der Waals surface area (Å²) in [7, 11) is 0. The van der Waals surface area contributed by atoms with Crippen LogP contribution in [0, 0.1) is 5.41 Å². The van der Waals surface area contributed by atoms with Crippen LogP contribution in [0.5, 0.6) is 0 Å². The van der Waals surface area contributed by atoms with Crippen LogP contribution >= 0.6 is 0 Å². The fourth-order valence-electron chi connectivity index (χ4n) is 1.20. The predicted octanol–water partition coefficient (Wildman–Crippen LogP) is 1.54. The number of amides is 1. The van der Waals surface area contributed by atoms with Gasteiger partial charge in [-0.05, 0) is 12.5 Å². The van der Waals surface area contributed by atoms with Crippen LogP contribution in [-0.4, -0.2) is 23.5 Å². The standard InChI is InChI=1S/C11H15N3O2/c1-2-14(10(12)13)11(15)16-8-9-6-4-3-5-7-9/h3-7H,2,8H2,1H3,(H3,12,13). The number of nitrogens with zero attached hydrogens (tertiary/aromatic N) is 1. The van der Waals surface area contributed by atoms with Gasteiger partial charge < -0.3 is 10.5 Å². The average Bonchev–Trinajstić information content (AvgIpc) is 2.28. The molecule has 5 nitrogen and oxygen atoms in total. The smallest absolute Gasteiger partial charge is 0.416 e. The molecule has 1 rings (SSSR count). The Balaban J connectivity index is 2.49. The van der Waals surface area contributed by atoms with E-state index in [9.17, 15) is 4.79 Å². The zero-order valence-corrected chi connectivity index (χ0v) is 9.14. The lowest BCUT2D eigenvalue weighted by molar-refractivity contribution is 0.117. The number of hydrogen-bond donors (Lipinski definition) is 2. The molecule has 0 saturated heterocycles. The fraction of sp³-hybridized carbons (Fsp3) is 0.273. The Kier molecular flexibility index (Phi) is 4.32. The largest absolute Gasteiger partial charge is 0.444 e. The zero-order valence-electron chi connectivity index (χ0n) is 9.14. The number of ether oxygens (including phenoxy) is 1. The van der Waals surface area contributed by atoms with Crippen molar-refractivity contribution in [2.24, 2.45) is 5.73 Å². The van der Waals surface area contributed by atoms with Crippen LogP contribution in [0.25, 0.3) is 0 Å². The SMILES string of the molecule is CCN(C(=N)N)C(=O)OCc1ccccc1. The molecule has 3 N–H and O–H groups in total. The van der Waals surface area contributed by atoms with Gasteiger partial charge in [0.2, 0.25) is 0 Å². The van der Waals surface area contributed by atoms with Crippen molar-refractivity contribution in [2.45, 2.75) is 13.5 Å². The third-order valence-electron chi connectivity index (χ3n) is 2.03. The van der Waals surface area contributed by atoms with Gasteiger partial charge in [0.25, 0.3) is 0 Å². The van der Waals surface area contributed by atoms with Gasteiger partial charge in [0.1, 0.15) is 6.61 Å². The predicted molar refractivity (Wildman–Crippen MR) is 60.9 cm³/mol. The normalized spacial score (nSPS) is 9.56. The minimum absolute atomic E-state index is 0.184. The van der Waals surface area contributed by atoms with Crippen molar-refractivity contribution in [2.75, 3.05) is 6.54 Å². The van der Waals surface area contributed by atoms with Gasteiger partial charge in [-0.1, -0.05) is 30.3 Å². The van der Waals surface area contributed by atoms with Gasteiger partial charge in [0.15, 0.2) is 5.96 Å². The van der Waals surface area contributed by atoms with Gasteiger partial charge in [0.05, 0.1) is 0 Å². The van der Waals surface area contributed by atoms with Gasteiger partial charge in [-0.3, -0.25) is 5.41 Å². The second-order valence-corrected chi connectivity index (χ2v) is 3.17. The van der Waals surface area contributed by atoms with Crippen LogP contribution in [0.2, 0.25) is 0 Å². The molecule has 0 spiro atoms. The molecule has 0 aromatic heterocycles. The Morgan fingerprint density at radius 3 is 2.56 bits per heavy atom. The summed E-state index contributed by atoms with van der Waals surface area (Å²) in [6.07, 6.45) is -0.598. The maximum atomic E-state index is 11.5. The summed E-state index contributed by atoms with van der Waals surface area (Å²) < 4.78 is 5.01. The van der Waals surface area contributed by atoms with Crippen LogP contribution in [0.3, 0.4) is 0 Å². The number of nitrogens with two attached hydrogens (primary N) is 1. The summed E-state index contributed by atoms with van der Waals surface area (Å²) in [5.41, 5.74) is 6.12. The number of carbonyl (C=O) groups excluding carboxylic acids is 1. The lowest BCUT2D eigenvalue weighted by atomic mass is 10.2. The number of guanidine groups is 1. The number of hydrogen-bond acceptors (Lipinski definition) is 3. The minimum Gasteiger partial charge on any atom is -0.444 e. The minimum atomic E-state index is -0.598. The molecule has 1 aromatic rings. The molecule has 16 heavy (non-hydrogen) atoms. The first-order valence-corrected chi connectivity index (χ1v) is 4.97. The molecule has 0 fully saturated rings. The lowest BCUT2D eigenvalue weighted by Gasteiger charge is -2.17. The quantitative estimate of drug-likeness (QED) is 0.600.